The molecule has 0 aromatic heterocycles. The fraction of sp³-hybridized carbons (Fsp3) is 0.231. The minimum absolute atomic E-state index is 0.0310. The average molecular weight is 201 g/mol. The van der Waals surface area contributed by atoms with E-state index in [2.05, 4.69) is 24.3 Å². The van der Waals surface area contributed by atoms with E-state index in [4.69, 9.17) is 10.8 Å². The highest BCUT2D eigenvalue weighted by Gasteiger charge is 2.05. The van der Waals surface area contributed by atoms with Crippen LogP contribution in [0, 0.1) is 0 Å². The van der Waals surface area contributed by atoms with Gasteiger partial charge in [-0.25, -0.2) is 0 Å². The van der Waals surface area contributed by atoms with E-state index < -0.39 is 0 Å². The minimum Gasteiger partial charge on any atom is -0.395 e. The third-order valence-corrected chi connectivity index (χ3v) is 2.60. The number of hydrogen-bond acceptors (Lipinski definition) is 2. The van der Waals surface area contributed by atoms with Gasteiger partial charge in [0.25, 0.3) is 0 Å². The van der Waals surface area contributed by atoms with Crippen molar-refractivity contribution in [1.29, 1.82) is 0 Å². The number of nitrogens with two attached hydrogens (primary N) is 1. The number of aliphatic hydroxyl groups excluding tert-OH is 1. The molecule has 1 unspecified atom stereocenters. The summed E-state index contributed by atoms with van der Waals surface area (Å²) in [7, 11) is 0. The van der Waals surface area contributed by atoms with Crippen molar-refractivity contribution < 1.29 is 5.11 Å². The quantitative estimate of drug-likeness (QED) is 0.794. The lowest BCUT2D eigenvalue weighted by Gasteiger charge is -2.10. The Hall–Kier alpha value is -1.38. The van der Waals surface area contributed by atoms with E-state index in [1.54, 1.807) is 0 Å². The van der Waals surface area contributed by atoms with Gasteiger partial charge >= 0.3 is 0 Å². The normalized spacial score (nSPS) is 12.9. The SMILES string of the molecule is NC(CO)Cc1cccc2ccccc12. The molecule has 78 valence electrons. The standard InChI is InChI=1S/C13H15NO/c14-12(9-15)8-11-6-3-5-10-4-1-2-7-13(10)11/h1-7,12,15H,8-9,14H2. The molecule has 3 N–H and O–H groups in total. The molecule has 0 spiro atoms. The Morgan fingerprint density at radius 2 is 1.80 bits per heavy atom. The molecule has 0 bridgehead atoms. The van der Waals surface area contributed by atoms with Crippen LogP contribution < -0.4 is 5.73 Å². The van der Waals surface area contributed by atoms with Gasteiger partial charge < -0.3 is 10.8 Å². The number of hydrogen-bond donors (Lipinski definition) is 2. The zero-order valence-electron chi connectivity index (χ0n) is 8.56. The van der Waals surface area contributed by atoms with E-state index in [1.165, 1.54) is 16.3 Å². The predicted octanol–water partition coefficient (Wildman–Crippen LogP) is 1.70. The van der Waals surface area contributed by atoms with Gasteiger partial charge in [0.2, 0.25) is 0 Å². The highest BCUT2D eigenvalue weighted by molar-refractivity contribution is 5.85. The monoisotopic (exact) mass is 201 g/mol. The van der Waals surface area contributed by atoms with Gasteiger partial charge in [-0.3, -0.25) is 0 Å². The summed E-state index contributed by atoms with van der Waals surface area (Å²) in [6.45, 7) is 0.0310. The van der Waals surface area contributed by atoms with Crippen molar-refractivity contribution in [2.24, 2.45) is 5.73 Å². The van der Waals surface area contributed by atoms with Gasteiger partial charge in [-0.1, -0.05) is 42.5 Å². The first-order valence-electron chi connectivity index (χ1n) is 5.14. The summed E-state index contributed by atoms with van der Waals surface area (Å²) >= 11 is 0. The van der Waals surface area contributed by atoms with Crippen LogP contribution in [-0.4, -0.2) is 17.8 Å². The van der Waals surface area contributed by atoms with Gasteiger partial charge in [0.05, 0.1) is 6.61 Å². The maximum Gasteiger partial charge on any atom is 0.0585 e. The number of benzene rings is 2. The lowest BCUT2D eigenvalue weighted by molar-refractivity contribution is 0.265. The molecule has 1 atom stereocenters. The van der Waals surface area contributed by atoms with Crippen LogP contribution in [0.25, 0.3) is 10.8 Å². The first-order chi connectivity index (χ1) is 7.31. The molecule has 2 heteroatoms. The Kier molecular flexibility index (Phi) is 2.99. The van der Waals surface area contributed by atoms with Crippen LogP contribution in [0.15, 0.2) is 42.5 Å². The fourth-order valence-corrected chi connectivity index (χ4v) is 1.82. The third-order valence-electron chi connectivity index (χ3n) is 2.60. The molecule has 0 fully saturated rings. The summed E-state index contributed by atoms with van der Waals surface area (Å²) in [6, 6.07) is 14.2. The molecule has 0 amide bonds. The van der Waals surface area contributed by atoms with Crippen LogP contribution in [0.2, 0.25) is 0 Å². The van der Waals surface area contributed by atoms with Gasteiger partial charge in [0.1, 0.15) is 0 Å². The molecule has 0 radical (unpaired) electrons. The molecule has 2 nitrogen and oxygen atoms in total. The maximum absolute atomic E-state index is 8.94. The minimum atomic E-state index is -0.171. The molecule has 2 aromatic rings. The molecular formula is C13H15NO. The van der Waals surface area contributed by atoms with E-state index in [9.17, 15) is 0 Å². The van der Waals surface area contributed by atoms with Crippen LogP contribution >= 0.6 is 0 Å². The lowest BCUT2D eigenvalue weighted by atomic mass is 9.99. The van der Waals surface area contributed by atoms with Gasteiger partial charge in [0.15, 0.2) is 0 Å². The lowest BCUT2D eigenvalue weighted by Crippen LogP contribution is -2.26. The summed E-state index contributed by atoms with van der Waals surface area (Å²) in [5.74, 6) is 0. The Morgan fingerprint density at radius 1 is 1.07 bits per heavy atom. The highest BCUT2D eigenvalue weighted by atomic mass is 16.3. The summed E-state index contributed by atoms with van der Waals surface area (Å²) in [5, 5.41) is 11.4. The van der Waals surface area contributed by atoms with Crippen molar-refractivity contribution in [2.45, 2.75) is 12.5 Å². The van der Waals surface area contributed by atoms with Crippen LogP contribution in [0.1, 0.15) is 5.56 Å². The number of aliphatic hydroxyl groups is 1. The molecule has 15 heavy (non-hydrogen) atoms. The molecule has 0 saturated heterocycles. The van der Waals surface area contributed by atoms with Crippen molar-refractivity contribution in [3.8, 4) is 0 Å². The van der Waals surface area contributed by atoms with E-state index in [0.717, 1.165) is 6.42 Å². The van der Waals surface area contributed by atoms with E-state index >= 15 is 0 Å². The maximum atomic E-state index is 8.94. The van der Waals surface area contributed by atoms with Crippen molar-refractivity contribution in [3.05, 3.63) is 48.0 Å². The molecule has 2 rings (SSSR count). The second-order valence-corrected chi connectivity index (χ2v) is 3.79. The fourth-order valence-electron chi connectivity index (χ4n) is 1.82. The van der Waals surface area contributed by atoms with E-state index in [1.807, 2.05) is 18.2 Å². The summed E-state index contributed by atoms with van der Waals surface area (Å²) < 4.78 is 0. The number of fused-ring (bicyclic) bond motifs is 1. The first-order valence-corrected chi connectivity index (χ1v) is 5.14. The third kappa shape index (κ3) is 2.17. The summed E-state index contributed by atoms with van der Waals surface area (Å²) in [4.78, 5) is 0. The van der Waals surface area contributed by atoms with Gasteiger partial charge in [-0.15, -0.1) is 0 Å². The molecule has 0 heterocycles. The Balaban J connectivity index is 2.42. The average Bonchev–Trinajstić information content (AvgIpc) is 2.29. The van der Waals surface area contributed by atoms with Crippen LogP contribution in [-0.2, 0) is 6.42 Å². The van der Waals surface area contributed by atoms with E-state index in [-0.39, 0.29) is 12.6 Å². The highest BCUT2D eigenvalue weighted by Crippen LogP contribution is 2.19. The first kappa shape index (κ1) is 10.1. The summed E-state index contributed by atoms with van der Waals surface area (Å²) in [5.41, 5.74) is 6.95. The topological polar surface area (TPSA) is 46.2 Å². The summed E-state index contributed by atoms with van der Waals surface area (Å²) in [6.07, 6.45) is 0.720. The molecular weight excluding hydrogens is 186 g/mol. The van der Waals surface area contributed by atoms with E-state index in [0.29, 0.717) is 0 Å². The van der Waals surface area contributed by atoms with Gasteiger partial charge in [-0.05, 0) is 22.8 Å². The van der Waals surface area contributed by atoms with Crippen molar-refractivity contribution in [3.63, 3.8) is 0 Å². The number of rotatable bonds is 3. The molecule has 0 saturated carbocycles. The largest absolute Gasteiger partial charge is 0.395 e. The molecule has 0 aliphatic heterocycles. The van der Waals surface area contributed by atoms with Crippen LogP contribution in [0.4, 0.5) is 0 Å². The van der Waals surface area contributed by atoms with Crippen LogP contribution in [0.3, 0.4) is 0 Å². The van der Waals surface area contributed by atoms with Crippen LogP contribution in [0.5, 0.6) is 0 Å². The van der Waals surface area contributed by atoms with Gasteiger partial charge in [0, 0.05) is 6.04 Å². The second-order valence-electron chi connectivity index (χ2n) is 3.79. The second kappa shape index (κ2) is 4.43. The zero-order chi connectivity index (χ0) is 10.7. The Bertz CT molecular complexity index is 448. The molecule has 2 aromatic carbocycles. The smallest absolute Gasteiger partial charge is 0.0585 e. The van der Waals surface area contributed by atoms with Crippen molar-refractivity contribution >= 4 is 10.8 Å². The van der Waals surface area contributed by atoms with Crippen molar-refractivity contribution in [2.75, 3.05) is 6.61 Å². The Morgan fingerprint density at radius 3 is 2.60 bits per heavy atom. The van der Waals surface area contributed by atoms with Crippen molar-refractivity contribution in [1.82, 2.24) is 0 Å². The molecule has 0 aliphatic carbocycles. The Labute approximate surface area is 89.3 Å². The predicted molar refractivity (Wildman–Crippen MR) is 62.7 cm³/mol. The molecule has 0 aliphatic rings. The zero-order valence-corrected chi connectivity index (χ0v) is 8.56. The van der Waals surface area contributed by atoms with Gasteiger partial charge in [-0.2, -0.15) is 0 Å².